The van der Waals surface area contributed by atoms with Crippen molar-refractivity contribution in [2.75, 3.05) is 5.32 Å². The summed E-state index contributed by atoms with van der Waals surface area (Å²) in [5.41, 5.74) is 3.01. The van der Waals surface area contributed by atoms with E-state index in [4.69, 9.17) is 0 Å². The number of nitrogens with zero attached hydrogens (tertiary/aromatic N) is 6. The van der Waals surface area contributed by atoms with Gasteiger partial charge in [-0.25, -0.2) is 9.97 Å². The van der Waals surface area contributed by atoms with Crippen LogP contribution in [-0.2, 0) is 6.42 Å². The van der Waals surface area contributed by atoms with Crippen LogP contribution < -0.4 is 5.32 Å². The number of rotatable bonds is 6. The fourth-order valence-corrected chi connectivity index (χ4v) is 2.74. The minimum atomic E-state index is -0.157. The van der Waals surface area contributed by atoms with E-state index < -0.39 is 0 Å². The second kappa shape index (κ2) is 7.47. The maximum atomic E-state index is 12.2. The number of aromatic amines is 1. The fraction of sp³-hybridized carbons (Fsp3) is 0.211. The van der Waals surface area contributed by atoms with Crippen molar-refractivity contribution in [3.63, 3.8) is 0 Å². The van der Waals surface area contributed by atoms with Gasteiger partial charge in [0.05, 0.1) is 41.9 Å². The number of carbonyl (C=O) groups excluding carboxylic acids is 1. The van der Waals surface area contributed by atoms with E-state index in [1.807, 2.05) is 26.0 Å². The molecule has 4 rings (SSSR count). The number of hydrogen-bond donors (Lipinski definition) is 2. The van der Waals surface area contributed by atoms with Crippen LogP contribution in [0.5, 0.6) is 0 Å². The van der Waals surface area contributed by atoms with Gasteiger partial charge in [0.2, 0.25) is 0 Å². The number of aromatic nitrogens is 7. The summed E-state index contributed by atoms with van der Waals surface area (Å²) < 4.78 is 0. The summed E-state index contributed by atoms with van der Waals surface area (Å²) in [4.78, 5) is 30.1. The molecule has 28 heavy (non-hydrogen) atoms. The first kappa shape index (κ1) is 17.7. The molecule has 0 atom stereocenters. The van der Waals surface area contributed by atoms with Crippen LogP contribution >= 0.6 is 0 Å². The highest BCUT2D eigenvalue weighted by Gasteiger charge is 2.12. The van der Waals surface area contributed by atoms with E-state index in [9.17, 15) is 4.79 Å². The van der Waals surface area contributed by atoms with E-state index in [0.29, 0.717) is 22.9 Å². The third-order valence-corrected chi connectivity index (χ3v) is 4.01. The Morgan fingerprint density at radius 1 is 1.11 bits per heavy atom. The second-order valence-electron chi connectivity index (χ2n) is 6.61. The number of pyridine rings is 2. The van der Waals surface area contributed by atoms with Crippen molar-refractivity contribution in [1.82, 2.24) is 35.3 Å². The van der Waals surface area contributed by atoms with Gasteiger partial charge in [-0.3, -0.25) is 14.8 Å². The Morgan fingerprint density at radius 2 is 2.00 bits per heavy atom. The topological polar surface area (TPSA) is 122 Å². The van der Waals surface area contributed by atoms with Gasteiger partial charge in [0.1, 0.15) is 17.2 Å². The number of Topliss-reactive ketones (excluding diaryl/α,β-unsaturated/α-hetero) is 1. The predicted molar refractivity (Wildman–Crippen MR) is 104 cm³/mol. The monoisotopic (exact) mass is 374 g/mol. The Kier molecular flexibility index (Phi) is 4.71. The summed E-state index contributed by atoms with van der Waals surface area (Å²) in [6.07, 6.45) is 6.59. The molecule has 0 fully saturated rings. The van der Waals surface area contributed by atoms with Gasteiger partial charge < -0.3 is 5.32 Å². The molecule has 0 aliphatic heterocycles. The van der Waals surface area contributed by atoms with Gasteiger partial charge in [0, 0.05) is 17.6 Å². The number of nitrogens with one attached hydrogen (secondary N) is 2. The molecule has 0 amide bonds. The lowest BCUT2D eigenvalue weighted by molar-refractivity contribution is 0.0987. The Hall–Kier alpha value is -3.75. The third kappa shape index (κ3) is 3.83. The Labute approximate surface area is 160 Å². The van der Waals surface area contributed by atoms with E-state index in [1.54, 1.807) is 24.7 Å². The summed E-state index contributed by atoms with van der Waals surface area (Å²) >= 11 is 0. The van der Waals surface area contributed by atoms with Gasteiger partial charge in [-0.15, -0.1) is 0 Å². The van der Waals surface area contributed by atoms with Gasteiger partial charge in [0.25, 0.3) is 0 Å². The second-order valence-corrected chi connectivity index (χ2v) is 6.61. The van der Waals surface area contributed by atoms with Crippen molar-refractivity contribution in [3.8, 4) is 11.4 Å². The molecular weight excluding hydrogens is 356 g/mol. The van der Waals surface area contributed by atoms with Crippen LogP contribution in [0, 0.1) is 0 Å². The third-order valence-electron chi connectivity index (χ3n) is 4.01. The highest BCUT2D eigenvalue weighted by atomic mass is 16.1. The van der Waals surface area contributed by atoms with Gasteiger partial charge in [-0.1, -0.05) is 0 Å². The molecule has 0 saturated heterocycles. The molecule has 2 N–H and O–H groups in total. The minimum absolute atomic E-state index is 0.127. The zero-order valence-electron chi connectivity index (χ0n) is 15.4. The Morgan fingerprint density at radius 3 is 2.79 bits per heavy atom. The molecule has 0 radical (unpaired) electrons. The van der Waals surface area contributed by atoms with Gasteiger partial charge in [0.15, 0.2) is 5.78 Å². The van der Waals surface area contributed by atoms with Crippen LogP contribution in [-0.4, -0.2) is 47.2 Å². The van der Waals surface area contributed by atoms with E-state index in [0.717, 1.165) is 10.9 Å². The first-order valence-corrected chi connectivity index (χ1v) is 8.82. The largest absolute Gasteiger partial charge is 0.367 e. The number of H-pyrrole nitrogens is 1. The number of ketones is 1. The average Bonchev–Trinajstić information content (AvgIpc) is 3.22. The smallest absolute Gasteiger partial charge is 0.190 e. The van der Waals surface area contributed by atoms with Gasteiger partial charge in [-0.05, 0) is 32.0 Å². The molecule has 0 aromatic carbocycles. The van der Waals surface area contributed by atoms with Crippen molar-refractivity contribution in [1.29, 1.82) is 0 Å². The predicted octanol–water partition coefficient (Wildman–Crippen LogP) is 2.45. The first-order valence-electron chi connectivity index (χ1n) is 8.82. The van der Waals surface area contributed by atoms with Crippen molar-refractivity contribution in [2.24, 2.45) is 0 Å². The lowest BCUT2D eigenvalue weighted by Crippen LogP contribution is -2.11. The summed E-state index contributed by atoms with van der Waals surface area (Å²) in [5.74, 6) is 0.540. The van der Waals surface area contributed by atoms with Crippen LogP contribution in [0.1, 0.15) is 30.0 Å². The Bertz CT molecular complexity index is 1120. The zero-order chi connectivity index (χ0) is 19.5. The highest BCUT2D eigenvalue weighted by Crippen LogP contribution is 2.20. The zero-order valence-corrected chi connectivity index (χ0v) is 15.4. The summed E-state index contributed by atoms with van der Waals surface area (Å²) in [6.45, 7) is 4.08. The number of fused-ring (bicyclic) bond motifs is 1. The molecule has 140 valence electrons. The molecule has 4 aromatic heterocycles. The molecule has 4 aromatic rings. The molecule has 0 bridgehead atoms. The molecule has 9 nitrogen and oxygen atoms in total. The summed E-state index contributed by atoms with van der Waals surface area (Å²) in [5, 5.41) is 14.0. The molecule has 0 spiro atoms. The van der Waals surface area contributed by atoms with Crippen LogP contribution in [0.4, 0.5) is 5.82 Å². The molecule has 0 aliphatic rings. The van der Waals surface area contributed by atoms with Crippen LogP contribution in [0.25, 0.3) is 22.3 Å². The molecule has 9 heteroatoms. The van der Waals surface area contributed by atoms with Gasteiger partial charge >= 0.3 is 0 Å². The van der Waals surface area contributed by atoms with Gasteiger partial charge in [-0.2, -0.15) is 15.4 Å². The van der Waals surface area contributed by atoms with E-state index in [2.05, 4.69) is 40.7 Å². The van der Waals surface area contributed by atoms with Crippen molar-refractivity contribution in [2.45, 2.75) is 26.3 Å². The van der Waals surface area contributed by atoms with Crippen molar-refractivity contribution < 1.29 is 4.79 Å². The SMILES string of the molecule is CC(C)Nc1cncc(-c2ccc3cnc(CC(=O)c4cn[nH]n4)cc3n2)n1. The van der Waals surface area contributed by atoms with Crippen molar-refractivity contribution >= 4 is 22.5 Å². The minimum Gasteiger partial charge on any atom is -0.367 e. The normalized spacial score (nSPS) is 11.1. The number of hydrogen-bond acceptors (Lipinski definition) is 8. The number of carbonyl (C=O) groups is 1. The standard InChI is InChI=1S/C19H18N8O/c1-11(2)23-19-10-20-8-16(25-19)14-4-3-12-7-21-13(5-15(12)24-14)6-18(28)17-9-22-27-26-17/h3-5,7-11H,6H2,1-2H3,(H,23,25)(H,22,26,27). The van der Waals surface area contributed by atoms with E-state index in [1.165, 1.54) is 6.20 Å². The molecule has 4 heterocycles. The quantitative estimate of drug-likeness (QED) is 0.494. The van der Waals surface area contributed by atoms with E-state index in [-0.39, 0.29) is 23.9 Å². The molecule has 0 unspecified atom stereocenters. The highest BCUT2D eigenvalue weighted by molar-refractivity contribution is 5.95. The average molecular weight is 374 g/mol. The molecule has 0 aliphatic carbocycles. The lowest BCUT2D eigenvalue weighted by atomic mass is 10.1. The fourth-order valence-electron chi connectivity index (χ4n) is 2.74. The molecule has 0 saturated carbocycles. The Balaban J connectivity index is 1.64. The van der Waals surface area contributed by atoms with Crippen molar-refractivity contribution in [3.05, 3.63) is 54.4 Å². The number of anilines is 1. The van der Waals surface area contributed by atoms with Crippen LogP contribution in [0.15, 0.2) is 43.0 Å². The summed E-state index contributed by atoms with van der Waals surface area (Å²) in [7, 11) is 0. The maximum Gasteiger partial charge on any atom is 0.190 e. The van der Waals surface area contributed by atoms with Crippen LogP contribution in [0.3, 0.4) is 0 Å². The lowest BCUT2D eigenvalue weighted by Gasteiger charge is -2.09. The first-order chi connectivity index (χ1) is 13.6. The maximum absolute atomic E-state index is 12.2. The summed E-state index contributed by atoms with van der Waals surface area (Å²) in [6, 6.07) is 5.87. The van der Waals surface area contributed by atoms with Crippen LogP contribution in [0.2, 0.25) is 0 Å². The van der Waals surface area contributed by atoms with E-state index >= 15 is 0 Å². The molecular formula is C19H18N8O.